The molecule has 6 nitrogen and oxygen atoms in total. The number of hydrogen-bond donors (Lipinski definition) is 3. The Balaban J connectivity index is 1.78. The van der Waals surface area contributed by atoms with Gasteiger partial charge in [-0.2, -0.15) is 5.10 Å². The Labute approximate surface area is 160 Å². The molecule has 7 heteroatoms. The number of aromatic amines is 1. The molecular weight excluding hydrogens is 350 g/mol. The Bertz CT molecular complexity index is 714. The van der Waals surface area contributed by atoms with E-state index in [4.69, 9.17) is 16.3 Å². The van der Waals surface area contributed by atoms with Crippen LogP contribution in [-0.2, 0) is 12.8 Å². The minimum atomic E-state index is 0.726. The number of rotatable bonds is 9. The molecule has 0 bridgehead atoms. The number of aryl methyl sites for hydroxylation is 2. The fraction of sp³-hybridized carbons (Fsp3) is 0.474. The van der Waals surface area contributed by atoms with Crippen LogP contribution in [0.4, 0.5) is 0 Å². The molecule has 2 rings (SSSR count). The van der Waals surface area contributed by atoms with E-state index in [0.717, 1.165) is 66.9 Å². The number of H-pyrrole nitrogens is 1. The van der Waals surface area contributed by atoms with E-state index in [1.165, 1.54) is 5.56 Å². The summed E-state index contributed by atoms with van der Waals surface area (Å²) in [5, 5.41) is 14.4. The minimum absolute atomic E-state index is 0.726. The molecule has 0 spiro atoms. The molecule has 0 saturated heterocycles. The topological polar surface area (TPSA) is 74.3 Å². The van der Waals surface area contributed by atoms with E-state index in [-0.39, 0.29) is 0 Å². The van der Waals surface area contributed by atoms with Gasteiger partial charge in [-0.05, 0) is 56.4 Å². The lowest BCUT2D eigenvalue weighted by atomic mass is 10.1. The number of halogens is 1. The van der Waals surface area contributed by atoms with Gasteiger partial charge in [0, 0.05) is 30.4 Å². The summed E-state index contributed by atoms with van der Waals surface area (Å²) in [4.78, 5) is 4.63. The standard InChI is InChI=1S/C19H28ClN5O/c1-4-21-19(22-10-5-6-16-13-24-25-14(16)2)23-11-9-15-7-8-17(26-3)12-18(15)20/h7-8,12-13H,4-6,9-11H2,1-3H3,(H,24,25)(H2,21,22,23). The second-order valence-corrected chi connectivity index (χ2v) is 6.43. The highest BCUT2D eigenvalue weighted by Crippen LogP contribution is 2.22. The van der Waals surface area contributed by atoms with E-state index < -0.39 is 0 Å². The van der Waals surface area contributed by atoms with Gasteiger partial charge in [0.25, 0.3) is 0 Å². The average molecular weight is 378 g/mol. The largest absolute Gasteiger partial charge is 0.497 e. The molecule has 2 aromatic rings. The normalized spacial score (nSPS) is 11.5. The van der Waals surface area contributed by atoms with Crippen LogP contribution in [0.5, 0.6) is 5.75 Å². The van der Waals surface area contributed by atoms with Crippen LogP contribution in [-0.4, -0.2) is 42.9 Å². The van der Waals surface area contributed by atoms with Gasteiger partial charge >= 0.3 is 0 Å². The molecule has 0 aliphatic rings. The van der Waals surface area contributed by atoms with Gasteiger partial charge < -0.3 is 15.4 Å². The predicted molar refractivity (Wildman–Crippen MR) is 107 cm³/mol. The summed E-state index contributed by atoms with van der Waals surface area (Å²) >= 11 is 6.29. The first kappa shape index (κ1) is 20.1. The molecule has 0 fully saturated rings. The van der Waals surface area contributed by atoms with Gasteiger partial charge in [-0.3, -0.25) is 10.1 Å². The summed E-state index contributed by atoms with van der Waals surface area (Å²) in [7, 11) is 1.64. The smallest absolute Gasteiger partial charge is 0.191 e. The second-order valence-electron chi connectivity index (χ2n) is 6.02. The lowest BCUT2D eigenvalue weighted by molar-refractivity contribution is 0.414. The number of hydrogen-bond acceptors (Lipinski definition) is 3. The number of aliphatic imine (C=N–C) groups is 1. The Morgan fingerprint density at radius 2 is 2.12 bits per heavy atom. The summed E-state index contributed by atoms with van der Waals surface area (Å²) in [6.07, 6.45) is 4.68. The molecule has 0 amide bonds. The summed E-state index contributed by atoms with van der Waals surface area (Å²) < 4.78 is 5.18. The first-order chi connectivity index (χ1) is 12.6. The second kappa shape index (κ2) is 10.7. The average Bonchev–Trinajstić information content (AvgIpc) is 3.04. The van der Waals surface area contributed by atoms with Crippen molar-refractivity contribution < 1.29 is 4.74 Å². The molecular formula is C19H28ClN5O. The third-order valence-electron chi connectivity index (χ3n) is 4.10. The van der Waals surface area contributed by atoms with Crippen molar-refractivity contribution in [2.45, 2.75) is 33.1 Å². The molecule has 0 radical (unpaired) electrons. The molecule has 1 aromatic heterocycles. The number of nitrogens with one attached hydrogen (secondary N) is 3. The van der Waals surface area contributed by atoms with Crippen LogP contribution in [0.15, 0.2) is 29.4 Å². The Hall–Kier alpha value is -2.21. The number of nitrogens with zero attached hydrogens (tertiary/aromatic N) is 2. The van der Waals surface area contributed by atoms with Crippen LogP contribution in [0, 0.1) is 6.92 Å². The number of guanidine groups is 1. The van der Waals surface area contributed by atoms with Gasteiger partial charge in [-0.1, -0.05) is 17.7 Å². The van der Waals surface area contributed by atoms with Crippen molar-refractivity contribution in [2.75, 3.05) is 26.7 Å². The Morgan fingerprint density at radius 1 is 1.27 bits per heavy atom. The lowest BCUT2D eigenvalue weighted by Gasteiger charge is -2.12. The number of ether oxygens (including phenoxy) is 1. The van der Waals surface area contributed by atoms with Crippen LogP contribution >= 0.6 is 11.6 Å². The van der Waals surface area contributed by atoms with Crippen LogP contribution < -0.4 is 15.4 Å². The van der Waals surface area contributed by atoms with E-state index in [1.54, 1.807) is 7.11 Å². The summed E-state index contributed by atoms with van der Waals surface area (Å²) in [6.45, 7) is 6.46. The lowest BCUT2D eigenvalue weighted by Crippen LogP contribution is -2.38. The molecule has 0 aliphatic heterocycles. The zero-order valence-corrected chi connectivity index (χ0v) is 16.5. The van der Waals surface area contributed by atoms with Crippen LogP contribution in [0.2, 0.25) is 5.02 Å². The van der Waals surface area contributed by atoms with Gasteiger partial charge in [0.05, 0.1) is 13.3 Å². The third-order valence-corrected chi connectivity index (χ3v) is 4.45. The maximum atomic E-state index is 6.29. The Kier molecular flexibility index (Phi) is 8.28. The predicted octanol–water partition coefficient (Wildman–Crippen LogP) is 3.11. The zero-order valence-electron chi connectivity index (χ0n) is 15.7. The summed E-state index contributed by atoms with van der Waals surface area (Å²) in [6, 6.07) is 5.77. The molecule has 26 heavy (non-hydrogen) atoms. The van der Waals surface area contributed by atoms with E-state index in [0.29, 0.717) is 0 Å². The van der Waals surface area contributed by atoms with Crippen LogP contribution in [0.25, 0.3) is 0 Å². The zero-order chi connectivity index (χ0) is 18.8. The van der Waals surface area contributed by atoms with Crippen molar-refractivity contribution in [3.8, 4) is 5.75 Å². The van der Waals surface area contributed by atoms with Crippen molar-refractivity contribution in [3.05, 3.63) is 46.2 Å². The van der Waals surface area contributed by atoms with Gasteiger partial charge in [-0.15, -0.1) is 0 Å². The third kappa shape index (κ3) is 6.26. The minimum Gasteiger partial charge on any atom is -0.497 e. The van der Waals surface area contributed by atoms with Crippen molar-refractivity contribution in [1.82, 2.24) is 20.8 Å². The fourth-order valence-electron chi connectivity index (χ4n) is 2.60. The summed E-state index contributed by atoms with van der Waals surface area (Å²) in [5.74, 6) is 1.61. The SMILES string of the molecule is CCNC(=NCCCc1cn[nH]c1C)NCCc1ccc(OC)cc1Cl. The molecule has 1 heterocycles. The fourth-order valence-corrected chi connectivity index (χ4v) is 2.87. The number of aromatic nitrogens is 2. The van der Waals surface area contributed by atoms with Crippen LogP contribution in [0.3, 0.4) is 0 Å². The number of benzene rings is 1. The van der Waals surface area contributed by atoms with E-state index in [1.807, 2.05) is 31.3 Å². The van der Waals surface area contributed by atoms with Gasteiger partial charge in [-0.25, -0.2) is 0 Å². The maximum absolute atomic E-state index is 6.29. The molecule has 0 aliphatic carbocycles. The molecule has 0 saturated carbocycles. The molecule has 3 N–H and O–H groups in total. The highest BCUT2D eigenvalue weighted by Gasteiger charge is 2.04. The van der Waals surface area contributed by atoms with Crippen molar-refractivity contribution >= 4 is 17.6 Å². The highest BCUT2D eigenvalue weighted by atomic mass is 35.5. The van der Waals surface area contributed by atoms with Crippen molar-refractivity contribution in [2.24, 2.45) is 4.99 Å². The van der Waals surface area contributed by atoms with E-state index in [2.05, 4.69) is 32.7 Å². The number of methoxy groups -OCH3 is 1. The Morgan fingerprint density at radius 3 is 2.77 bits per heavy atom. The first-order valence-corrected chi connectivity index (χ1v) is 9.35. The van der Waals surface area contributed by atoms with Crippen molar-refractivity contribution in [1.29, 1.82) is 0 Å². The van der Waals surface area contributed by atoms with Crippen LogP contribution in [0.1, 0.15) is 30.2 Å². The monoisotopic (exact) mass is 377 g/mol. The van der Waals surface area contributed by atoms with Gasteiger partial charge in [0.15, 0.2) is 5.96 Å². The van der Waals surface area contributed by atoms with Gasteiger partial charge in [0.1, 0.15) is 5.75 Å². The highest BCUT2D eigenvalue weighted by molar-refractivity contribution is 6.31. The van der Waals surface area contributed by atoms with Gasteiger partial charge in [0.2, 0.25) is 0 Å². The molecule has 142 valence electrons. The molecule has 1 aromatic carbocycles. The first-order valence-electron chi connectivity index (χ1n) is 8.97. The summed E-state index contributed by atoms with van der Waals surface area (Å²) in [5.41, 5.74) is 3.48. The quantitative estimate of drug-likeness (QED) is 0.356. The molecule has 0 unspecified atom stereocenters. The van der Waals surface area contributed by atoms with E-state index >= 15 is 0 Å². The maximum Gasteiger partial charge on any atom is 0.191 e. The van der Waals surface area contributed by atoms with Crippen molar-refractivity contribution in [3.63, 3.8) is 0 Å². The van der Waals surface area contributed by atoms with E-state index in [9.17, 15) is 0 Å². The molecule has 0 atom stereocenters.